The van der Waals surface area contributed by atoms with Gasteiger partial charge in [0.05, 0.1) is 11.4 Å². The van der Waals surface area contributed by atoms with Crippen LogP contribution >= 0.6 is 0 Å². The van der Waals surface area contributed by atoms with E-state index in [1.54, 1.807) is 16.8 Å². The lowest BCUT2D eigenvalue weighted by atomic mass is 10.2. The first-order valence-electron chi connectivity index (χ1n) is 5.03. The van der Waals surface area contributed by atoms with Gasteiger partial charge in [-0.05, 0) is 30.3 Å². The number of terminal acetylenes is 1. The van der Waals surface area contributed by atoms with Gasteiger partial charge in [-0.1, -0.05) is 0 Å². The average molecular weight is 214 g/mol. The first-order valence-corrected chi connectivity index (χ1v) is 5.03. The smallest absolute Gasteiger partial charge is 0.123 e. The molecule has 0 fully saturated rings. The van der Waals surface area contributed by atoms with Gasteiger partial charge in [-0.25, -0.2) is 9.07 Å². The molecular formula is C13H11FN2. The van der Waals surface area contributed by atoms with E-state index in [4.69, 9.17) is 6.42 Å². The number of halogens is 1. The highest BCUT2D eigenvalue weighted by Gasteiger charge is 2.00. The monoisotopic (exact) mass is 214 g/mol. The third-order valence-electron chi connectivity index (χ3n) is 2.26. The molecule has 0 aliphatic heterocycles. The predicted molar refractivity (Wildman–Crippen MR) is 60.7 cm³/mol. The second-order valence-electron chi connectivity index (χ2n) is 3.43. The van der Waals surface area contributed by atoms with Crippen molar-refractivity contribution in [3.8, 4) is 18.0 Å². The van der Waals surface area contributed by atoms with Gasteiger partial charge in [0.1, 0.15) is 5.82 Å². The minimum absolute atomic E-state index is 0.247. The Morgan fingerprint density at radius 2 is 2.00 bits per heavy atom. The summed E-state index contributed by atoms with van der Waals surface area (Å²) in [5.41, 5.74) is 1.79. The first-order chi connectivity index (χ1) is 7.79. The van der Waals surface area contributed by atoms with Gasteiger partial charge in [0.2, 0.25) is 0 Å². The van der Waals surface area contributed by atoms with Crippen LogP contribution in [-0.2, 0) is 6.42 Å². The third-order valence-corrected chi connectivity index (χ3v) is 2.26. The fourth-order valence-corrected chi connectivity index (χ4v) is 1.43. The molecule has 16 heavy (non-hydrogen) atoms. The lowest BCUT2D eigenvalue weighted by Crippen LogP contribution is -1.96. The molecule has 2 rings (SSSR count). The Morgan fingerprint density at radius 1 is 1.25 bits per heavy atom. The van der Waals surface area contributed by atoms with Gasteiger partial charge in [-0.15, -0.1) is 12.3 Å². The van der Waals surface area contributed by atoms with Crippen LogP contribution in [0.2, 0.25) is 0 Å². The molecule has 0 saturated carbocycles. The lowest BCUT2D eigenvalue weighted by Gasteiger charge is -2.00. The zero-order valence-electron chi connectivity index (χ0n) is 8.73. The van der Waals surface area contributed by atoms with Crippen LogP contribution in [0.25, 0.3) is 5.69 Å². The largest absolute Gasteiger partial charge is 0.241 e. The summed E-state index contributed by atoms with van der Waals surface area (Å²) < 4.78 is 14.4. The Kier molecular flexibility index (Phi) is 3.02. The van der Waals surface area contributed by atoms with Gasteiger partial charge in [0, 0.05) is 19.0 Å². The summed E-state index contributed by atoms with van der Waals surface area (Å²) in [6.07, 6.45) is 8.48. The van der Waals surface area contributed by atoms with E-state index in [0.717, 1.165) is 17.8 Å². The van der Waals surface area contributed by atoms with Crippen LogP contribution in [0, 0.1) is 18.2 Å². The van der Waals surface area contributed by atoms with Gasteiger partial charge in [-0.3, -0.25) is 0 Å². The van der Waals surface area contributed by atoms with Crippen molar-refractivity contribution in [2.75, 3.05) is 0 Å². The van der Waals surface area contributed by atoms with Gasteiger partial charge < -0.3 is 0 Å². The Hall–Kier alpha value is -2.08. The second kappa shape index (κ2) is 4.63. The minimum atomic E-state index is -0.247. The molecule has 0 spiro atoms. The van der Waals surface area contributed by atoms with Crippen LogP contribution in [0.5, 0.6) is 0 Å². The molecule has 2 aromatic rings. The number of aromatic nitrogens is 2. The maximum absolute atomic E-state index is 12.7. The number of aryl methyl sites for hydroxylation is 1. The molecule has 0 amide bonds. The number of nitrogens with zero attached hydrogens (tertiary/aromatic N) is 2. The fraction of sp³-hybridized carbons (Fsp3) is 0.154. The highest BCUT2D eigenvalue weighted by atomic mass is 19.1. The van der Waals surface area contributed by atoms with E-state index in [0.29, 0.717) is 6.42 Å². The molecule has 3 heteroatoms. The van der Waals surface area contributed by atoms with Gasteiger partial charge >= 0.3 is 0 Å². The van der Waals surface area contributed by atoms with Crippen LogP contribution in [-0.4, -0.2) is 9.78 Å². The van der Waals surface area contributed by atoms with Crippen LogP contribution in [0.3, 0.4) is 0 Å². The first kappa shape index (κ1) is 10.4. The molecule has 0 atom stereocenters. The van der Waals surface area contributed by atoms with Gasteiger partial charge in [0.15, 0.2) is 0 Å². The highest BCUT2D eigenvalue weighted by Crippen LogP contribution is 2.09. The second-order valence-corrected chi connectivity index (χ2v) is 3.43. The lowest BCUT2D eigenvalue weighted by molar-refractivity contribution is 0.627. The van der Waals surface area contributed by atoms with Crippen molar-refractivity contribution in [3.05, 3.63) is 48.0 Å². The molecule has 0 aliphatic carbocycles. The van der Waals surface area contributed by atoms with Crippen molar-refractivity contribution in [3.63, 3.8) is 0 Å². The summed E-state index contributed by atoms with van der Waals surface area (Å²) in [6.45, 7) is 0. The van der Waals surface area contributed by atoms with Crippen LogP contribution in [0.15, 0.2) is 36.5 Å². The summed E-state index contributed by atoms with van der Waals surface area (Å²) in [7, 11) is 0. The zero-order valence-corrected chi connectivity index (χ0v) is 8.73. The normalized spacial score (nSPS) is 10.0. The maximum Gasteiger partial charge on any atom is 0.123 e. The average Bonchev–Trinajstić information content (AvgIpc) is 2.76. The molecule has 0 N–H and O–H groups in total. The molecule has 0 aliphatic rings. The van der Waals surface area contributed by atoms with Crippen LogP contribution < -0.4 is 0 Å². The number of hydrogen-bond acceptors (Lipinski definition) is 1. The molecule has 80 valence electrons. The van der Waals surface area contributed by atoms with Crippen LogP contribution in [0.4, 0.5) is 4.39 Å². The number of hydrogen-bond donors (Lipinski definition) is 0. The summed E-state index contributed by atoms with van der Waals surface area (Å²) in [5, 5.41) is 4.35. The predicted octanol–water partition coefficient (Wildman–Crippen LogP) is 2.58. The van der Waals surface area contributed by atoms with E-state index >= 15 is 0 Å². The SMILES string of the molecule is C#CCCc1ccn(-c2ccc(F)cc2)n1. The van der Waals surface area contributed by atoms with E-state index in [9.17, 15) is 4.39 Å². The van der Waals surface area contributed by atoms with Crippen molar-refractivity contribution in [1.29, 1.82) is 0 Å². The number of rotatable bonds is 3. The highest BCUT2D eigenvalue weighted by molar-refractivity contribution is 5.31. The van der Waals surface area contributed by atoms with Crippen molar-refractivity contribution in [2.24, 2.45) is 0 Å². The van der Waals surface area contributed by atoms with E-state index < -0.39 is 0 Å². The standard InChI is InChI=1S/C13H11FN2/c1-2-3-4-12-9-10-16(15-12)13-7-5-11(14)6-8-13/h1,5-10H,3-4H2. The van der Waals surface area contributed by atoms with Gasteiger partial charge in [-0.2, -0.15) is 5.10 Å². The molecule has 1 heterocycles. The maximum atomic E-state index is 12.7. The topological polar surface area (TPSA) is 17.8 Å². The summed E-state index contributed by atoms with van der Waals surface area (Å²) >= 11 is 0. The number of benzene rings is 1. The van der Waals surface area contributed by atoms with Crippen molar-refractivity contribution >= 4 is 0 Å². The van der Waals surface area contributed by atoms with Crippen LogP contribution in [0.1, 0.15) is 12.1 Å². The van der Waals surface area contributed by atoms with E-state index in [2.05, 4.69) is 11.0 Å². The Labute approximate surface area is 93.7 Å². The Bertz CT molecular complexity index is 505. The van der Waals surface area contributed by atoms with E-state index in [1.807, 2.05) is 12.3 Å². The summed E-state index contributed by atoms with van der Waals surface area (Å²) in [5.74, 6) is 2.33. The van der Waals surface area contributed by atoms with E-state index in [1.165, 1.54) is 12.1 Å². The van der Waals surface area contributed by atoms with Gasteiger partial charge in [0.25, 0.3) is 0 Å². The van der Waals surface area contributed by atoms with E-state index in [-0.39, 0.29) is 5.82 Å². The molecule has 0 bridgehead atoms. The van der Waals surface area contributed by atoms with Crippen molar-refractivity contribution in [1.82, 2.24) is 9.78 Å². The van der Waals surface area contributed by atoms with Crippen molar-refractivity contribution in [2.45, 2.75) is 12.8 Å². The third kappa shape index (κ3) is 2.29. The fourth-order valence-electron chi connectivity index (χ4n) is 1.43. The molecule has 0 unspecified atom stereocenters. The molecule has 2 nitrogen and oxygen atoms in total. The molecule has 1 aromatic carbocycles. The molecule has 0 saturated heterocycles. The Morgan fingerprint density at radius 3 is 2.69 bits per heavy atom. The molecule has 1 aromatic heterocycles. The van der Waals surface area contributed by atoms with Crippen molar-refractivity contribution < 1.29 is 4.39 Å². The Balaban J connectivity index is 2.18. The quantitative estimate of drug-likeness (QED) is 0.718. The molecule has 0 radical (unpaired) electrons. The molecular weight excluding hydrogens is 203 g/mol. The minimum Gasteiger partial charge on any atom is -0.241 e. The summed E-state index contributed by atoms with van der Waals surface area (Å²) in [4.78, 5) is 0. The zero-order chi connectivity index (χ0) is 11.4. The summed E-state index contributed by atoms with van der Waals surface area (Å²) in [6, 6.07) is 8.12.